The number of hydrogen-bond donors (Lipinski definition) is 2. The van der Waals surface area contributed by atoms with E-state index in [1.54, 1.807) is 47.2 Å². The van der Waals surface area contributed by atoms with Crippen LogP contribution in [0.25, 0.3) is 17.0 Å². The van der Waals surface area contributed by atoms with Gasteiger partial charge in [0.25, 0.3) is 11.8 Å². The van der Waals surface area contributed by atoms with Crippen molar-refractivity contribution in [2.75, 3.05) is 4.90 Å². The van der Waals surface area contributed by atoms with Crippen molar-refractivity contribution < 1.29 is 19.2 Å². The van der Waals surface area contributed by atoms with Gasteiger partial charge >= 0.3 is 6.03 Å². The maximum atomic E-state index is 13.0. The lowest BCUT2D eigenvalue weighted by molar-refractivity contribution is -0.122. The first-order valence-corrected chi connectivity index (χ1v) is 9.67. The second-order valence-electron chi connectivity index (χ2n) is 6.63. The maximum Gasteiger partial charge on any atom is 0.335 e. The summed E-state index contributed by atoms with van der Waals surface area (Å²) in [4.78, 5) is 50.1. The van der Waals surface area contributed by atoms with Crippen LogP contribution in [0, 0.1) is 0 Å². The average Bonchev–Trinajstić information content (AvgIpc) is 3.03. The van der Waals surface area contributed by atoms with E-state index < -0.39 is 23.8 Å². The number of para-hydroxylation sites is 1. The van der Waals surface area contributed by atoms with Crippen LogP contribution in [0.2, 0.25) is 0 Å². The molecule has 0 spiro atoms. The van der Waals surface area contributed by atoms with Crippen molar-refractivity contribution in [2.24, 2.45) is 5.73 Å². The molecule has 3 N–H and O–H groups in total. The molecule has 2 aromatic carbocycles. The Labute approximate surface area is 179 Å². The highest BCUT2D eigenvalue weighted by molar-refractivity contribution is 9.10. The number of halogens is 1. The Kier molecular flexibility index (Phi) is 4.96. The van der Waals surface area contributed by atoms with E-state index >= 15 is 0 Å². The van der Waals surface area contributed by atoms with E-state index in [0.717, 1.165) is 20.3 Å². The number of anilines is 1. The van der Waals surface area contributed by atoms with Gasteiger partial charge in [0, 0.05) is 27.1 Å². The molecule has 1 saturated heterocycles. The van der Waals surface area contributed by atoms with Crippen molar-refractivity contribution >= 4 is 62.3 Å². The third-order valence-corrected chi connectivity index (χ3v) is 5.16. The summed E-state index contributed by atoms with van der Waals surface area (Å²) in [6.45, 7) is -0.0483. The van der Waals surface area contributed by atoms with Crippen molar-refractivity contribution in [1.29, 1.82) is 0 Å². The van der Waals surface area contributed by atoms with E-state index in [9.17, 15) is 19.2 Å². The van der Waals surface area contributed by atoms with Crippen LogP contribution in [0.5, 0.6) is 0 Å². The molecule has 0 radical (unpaired) electrons. The zero-order valence-electron chi connectivity index (χ0n) is 15.5. The third-order valence-electron chi connectivity index (χ3n) is 4.63. The first kappa shape index (κ1) is 19.6. The molecule has 1 fully saturated rings. The first-order valence-electron chi connectivity index (χ1n) is 8.88. The standard InChI is InChI=1S/C21H15BrN4O4/c22-13-5-7-14(8-6-13)26-20(29)16(19(28)24-21(26)30)9-12-10-25(11-18(23)27)17-4-2-1-3-15(12)17/h1-10H,11H2,(H2,23,27)(H,24,28,30). The van der Waals surface area contributed by atoms with Crippen LogP contribution < -0.4 is 16.0 Å². The number of benzene rings is 2. The van der Waals surface area contributed by atoms with E-state index in [4.69, 9.17) is 5.73 Å². The highest BCUT2D eigenvalue weighted by Crippen LogP contribution is 2.27. The lowest BCUT2D eigenvalue weighted by Crippen LogP contribution is -2.54. The van der Waals surface area contributed by atoms with Crippen molar-refractivity contribution in [2.45, 2.75) is 6.54 Å². The van der Waals surface area contributed by atoms with Gasteiger partial charge < -0.3 is 10.3 Å². The Morgan fingerprint density at radius 2 is 1.77 bits per heavy atom. The lowest BCUT2D eigenvalue weighted by Gasteiger charge is -2.26. The smallest absolute Gasteiger partial charge is 0.335 e. The van der Waals surface area contributed by atoms with Crippen molar-refractivity contribution in [3.8, 4) is 0 Å². The summed E-state index contributed by atoms with van der Waals surface area (Å²) in [7, 11) is 0. The highest BCUT2D eigenvalue weighted by atomic mass is 79.9. The minimum Gasteiger partial charge on any atom is -0.368 e. The van der Waals surface area contributed by atoms with Gasteiger partial charge in [-0.15, -0.1) is 0 Å². The average molecular weight is 467 g/mol. The molecule has 8 nitrogen and oxygen atoms in total. The largest absolute Gasteiger partial charge is 0.368 e. The third kappa shape index (κ3) is 3.50. The number of nitrogens with zero attached hydrogens (tertiary/aromatic N) is 2. The Balaban J connectivity index is 1.80. The molecule has 1 aromatic heterocycles. The molecule has 4 rings (SSSR count). The number of carbonyl (C=O) groups excluding carboxylic acids is 4. The number of imide groups is 2. The summed E-state index contributed by atoms with van der Waals surface area (Å²) in [6, 6.07) is 13.0. The fraction of sp³-hybridized carbons (Fsp3) is 0.0476. The van der Waals surface area contributed by atoms with Gasteiger partial charge in [-0.1, -0.05) is 34.1 Å². The Morgan fingerprint density at radius 3 is 2.47 bits per heavy atom. The number of nitrogens with one attached hydrogen (secondary N) is 1. The number of fused-ring (bicyclic) bond motifs is 1. The topological polar surface area (TPSA) is 114 Å². The summed E-state index contributed by atoms with van der Waals surface area (Å²) in [5, 5.41) is 2.93. The summed E-state index contributed by atoms with van der Waals surface area (Å²) in [5.74, 6) is -2.05. The second kappa shape index (κ2) is 7.60. The Bertz CT molecular complexity index is 1240. The summed E-state index contributed by atoms with van der Waals surface area (Å²) in [5.41, 5.74) is 6.74. The summed E-state index contributed by atoms with van der Waals surface area (Å²) in [6.07, 6.45) is 3.05. The molecule has 0 unspecified atom stereocenters. The number of amides is 5. The minimum atomic E-state index is -0.819. The number of rotatable bonds is 4. The van der Waals surface area contributed by atoms with Crippen molar-refractivity contribution in [3.63, 3.8) is 0 Å². The number of aromatic nitrogens is 1. The number of urea groups is 1. The van der Waals surface area contributed by atoms with Gasteiger partial charge in [0.2, 0.25) is 5.91 Å². The monoisotopic (exact) mass is 466 g/mol. The van der Waals surface area contributed by atoms with Gasteiger partial charge in [0.15, 0.2) is 0 Å². The van der Waals surface area contributed by atoms with E-state index in [-0.39, 0.29) is 12.1 Å². The molecular weight excluding hydrogens is 452 g/mol. The van der Waals surface area contributed by atoms with Gasteiger partial charge in [-0.25, -0.2) is 9.69 Å². The molecule has 0 saturated carbocycles. The number of hydrogen-bond acceptors (Lipinski definition) is 4. The summed E-state index contributed by atoms with van der Waals surface area (Å²) < 4.78 is 2.43. The lowest BCUT2D eigenvalue weighted by atomic mass is 10.1. The molecule has 9 heteroatoms. The van der Waals surface area contributed by atoms with Gasteiger partial charge in [-0.2, -0.15) is 0 Å². The molecule has 0 atom stereocenters. The highest BCUT2D eigenvalue weighted by Gasteiger charge is 2.37. The van der Waals surface area contributed by atoms with Crippen LogP contribution >= 0.6 is 15.9 Å². The normalized spacial score (nSPS) is 15.7. The van der Waals surface area contributed by atoms with Crippen LogP contribution in [-0.4, -0.2) is 28.3 Å². The van der Waals surface area contributed by atoms with Crippen molar-refractivity contribution in [3.05, 3.63) is 70.3 Å². The molecule has 0 bridgehead atoms. The van der Waals surface area contributed by atoms with E-state index in [0.29, 0.717) is 11.3 Å². The Hall–Kier alpha value is -3.72. The number of barbiturate groups is 1. The number of carbonyl (C=O) groups is 4. The van der Waals surface area contributed by atoms with Crippen LogP contribution in [0.1, 0.15) is 5.56 Å². The van der Waals surface area contributed by atoms with Crippen LogP contribution in [-0.2, 0) is 20.9 Å². The van der Waals surface area contributed by atoms with Gasteiger partial charge in [0.05, 0.1) is 5.69 Å². The van der Waals surface area contributed by atoms with Gasteiger partial charge in [-0.3, -0.25) is 19.7 Å². The molecule has 3 aromatic rings. The maximum absolute atomic E-state index is 13.0. The zero-order valence-corrected chi connectivity index (χ0v) is 17.0. The molecule has 1 aliphatic rings. The fourth-order valence-electron chi connectivity index (χ4n) is 3.33. The predicted molar refractivity (Wildman–Crippen MR) is 114 cm³/mol. The number of nitrogens with two attached hydrogens (primary N) is 1. The quantitative estimate of drug-likeness (QED) is 0.454. The molecule has 150 valence electrons. The SMILES string of the molecule is NC(=O)Cn1cc(C=C2C(=O)NC(=O)N(c3ccc(Br)cc3)C2=O)c2ccccc21. The molecule has 2 heterocycles. The molecular formula is C21H15BrN4O4. The summed E-state index contributed by atoms with van der Waals surface area (Å²) >= 11 is 3.30. The van der Waals surface area contributed by atoms with Crippen LogP contribution in [0.4, 0.5) is 10.5 Å². The zero-order chi connectivity index (χ0) is 21.4. The Morgan fingerprint density at radius 1 is 1.07 bits per heavy atom. The van der Waals surface area contributed by atoms with E-state index in [1.807, 2.05) is 12.1 Å². The predicted octanol–water partition coefficient (Wildman–Crippen LogP) is 2.56. The molecule has 0 aliphatic carbocycles. The molecule has 5 amide bonds. The molecule has 1 aliphatic heterocycles. The van der Waals surface area contributed by atoms with Crippen molar-refractivity contribution in [1.82, 2.24) is 9.88 Å². The fourth-order valence-corrected chi connectivity index (χ4v) is 3.59. The second-order valence-corrected chi connectivity index (χ2v) is 7.55. The van der Waals surface area contributed by atoms with E-state index in [1.165, 1.54) is 6.08 Å². The van der Waals surface area contributed by atoms with Gasteiger partial charge in [0.1, 0.15) is 12.1 Å². The number of primary amides is 1. The van der Waals surface area contributed by atoms with E-state index in [2.05, 4.69) is 21.2 Å². The molecule has 30 heavy (non-hydrogen) atoms. The first-order chi connectivity index (χ1) is 14.3. The van der Waals surface area contributed by atoms with Crippen LogP contribution in [0.3, 0.4) is 0 Å². The van der Waals surface area contributed by atoms with Crippen LogP contribution in [0.15, 0.2) is 64.8 Å². The van der Waals surface area contributed by atoms with Gasteiger partial charge in [-0.05, 0) is 36.4 Å². The minimum absolute atomic E-state index is 0.0483.